The second-order valence-electron chi connectivity index (χ2n) is 3.43. The molecule has 1 nitrogen and oxygen atoms in total. The maximum Gasteiger partial charge on any atom is 0.0464 e. The fourth-order valence-electron chi connectivity index (χ4n) is 1.43. The van der Waals surface area contributed by atoms with E-state index in [1.54, 1.807) is 0 Å². The molecule has 54 valence electrons. The average molecular weight is 128 g/mol. The van der Waals surface area contributed by atoms with E-state index in [-0.39, 0.29) is 0 Å². The van der Waals surface area contributed by atoms with Gasteiger partial charge >= 0.3 is 0 Å². The minimum atomic E-state index is 0.391. The van der Waals surface area contributed by atoms with Gasteiger partial charge in [-0.1, -0.05) is 13.8 Å². The molecule has 1 N–H and O–H groups in total. The molecule has 0 spiro atoms. The summed E-state index contributed by atoms with van der Waals surface area (Å²) < 4.78 is 0. The summed E-state index contributed by atoms with van der Waals surface area (Å²) in [7, 11) is 0. The largest absolute Gasteiger partial charge is 0.396 e. The summed E-state index contributed by atoms with van der Waals surface area (Å²) in [5, 5.41) is 8.91. The summed E-state index contributed by atoms with van der Waals surface area (Å²) in [6.45, 7) is 4.78. The van der Waals surface area contributed by atoms with Crippen LogP contribution in [0.15, 0.2) is 0 Å². The highest BCUT2D eigenvalue weighted by molar-refractivity contribution is 4.82. The summed E-state index contributed by atoms with van der Waals surface area (Å²) in [5.74, 6) is 2.11. The maximum absolute atomic E-state index is 8.91. The Kier molecular flexibility index (Phi) is 2.12. The number of rotatable bonds is 3. The highest BCUT2D eigenvalue weighted by atomic mass is 16.3. The predicted octanol–water partition coefficient (Wildman–Crippen LogP) is 1.66. The van der Waals surface area contributed by atoms with E-state index in [1.807, 2.05) is 0 Å². The summed E-state index contributed by atoms with van der Waals surface area (Å²) in [4.78, 5) is 0. The Labute approximate surface area is 57.1 Å². The highest BCUT2D eigenvalue weighted by Gasteiger charge is 2.32. The average Bonchev–Trinajstić information content (AvgIpc) is 2.50. The zero-order valence-corrected chi connectivity index (χ0v) is 6.30. The van der Waals surface area contributed by atoms with Gasteiger partial charge in [0.05, 0.1) is 0 Å². The van der Waals surface area contributed by atoms with Gasteiger partial charge in [0, 0.05) is 6.61 Å². The lowest BCUT2D eigenvalue weighted by Crippen LogP contribution is -2.15. The molecule has 9 heavy (non-hydrogen) atoms. The van der Waals surface area contributed by atoms with Gasteiger partial charge < -0.3 is 5.11 Å². The van der Waals surface area contributed by atoms with E-state index in [2.05, 4.69) is 13.8 Å². The minimum absolute atomic E-state index is 0.391. The fraction of sp³-hybridized carbons (Fsp3) is 1.00. The van der Waals surface area contributed by atoms with Crippen LogP contribution in [-0.2, 0) is 0 Å². The van der Waals surface area contributed by atoms with E-state index in [9.17, 15) is 0 Å². The molecule has 1 rings (SSSR count). The molecular formula is C8H16O. The molecule has 1 aliphatic carbocycles. The lowest BCUT2D eigenvalue weighted by molar-refractivity contribution is 0.171. The van der Waals surface area contributed by atoms with Gasteiger partial charge in [-0.2, -0.15) is 0 Å². The van der Waals surface area contributed by atoms with E-state index in [0.29, 0.717) is 18.4 Å². The molecule has 0 saturated heterocycles. The zero-order chi connectivity index (χ0) is 6.85. The summed E-state index contributed by atoms with van der Waals surface area (Å²) in [6, 6.07) is 0. The van der Waals surface area contributed by atoms with Crippen molar-refractivity contribution in [3.05, 3.63) is 0 Å². The summed E-state index contributed by atoms with van der Waals surface area (Å²) in [6.07, 6.45) is 2.70. The summed E-state index contributed by atoms with van der Waals surface area (Å²) >= 11 is 0. The van der Waals surface area contributed by atoms with Crippen molar-refractivity contribution >= 4 is 0 Å². The second kappa shape index (κ2) is 2.70. The first-order valence-corrected chi connectivity index (χ1v) is 3.86. The molecule has 1 aliphatic rings. The topological polar surface area (TPSA) is 20.2 Å². The van der Waals surface area contributed by atoms with Crippen LogP contribution in [0.2, 0.25) is 0 Å². The maximum atomic E-state index is 8.91. The Morgan fingerprint density at radius 2 is 2.00 bits per heavy atom. The summed E-state index contributed by atoms with van der Waals surface area (Å²) in [5.41, 5.74) is 0. The highest BCUT2D eigenvalue weighted by Crippen LogP contribution is 2.39. The SMILES string of the molecule is CC(C)[C@H](CO)C1CC1. The Balaban J connectivity index is 2.28. The molecule has 1 atom stereocenters. The molecule has 1 heteroatoms. The van der Waals surface area contributed by atoms with Gasteiger partial charge in [0.25, 0.3) is 0 Å². The fourth-order valence-corrected chi connectivity index (χ4v) is 1.43. The van der Waals surface area contributed by atoms with Crippen LogP contribution >= 0.6 is 0 Å². The normalized spacial score (nSPS) is 22.7. The van der Waals surface area contributed by atoms with E-state index >= 15 is 0 Å². The molecule has 1 saturated carbocycles. The molecule has 0 aliphatic heterocycles. The van der Waals surface area contributed by atoms with Crippen molar-refractivity contribution in [3.63, 3.8) is 0 Å². The Morgan fingerprint density at radius 3 is 2.11 bits per heavy atom. The standard InChI is InChI=1S/C8H16O/c1-6(2)8(5-9)7-3-4-7/h6-9H,3-5H2,1-2H3/t8-/m0/s1. The van der Waals surface area contributed by atoms with Gasteiger partial charge in [-0.15, -0.1) is 0 Å². The zero-order valence-electron chi connectivity index (χ0n) is 6.30. The van der Waals surface area contributed by atoms with E-state index < -0.39 is 0 Å². The first kappa shape index (κ1) is 7.07. The third-order valence-corrected chi connectivity index (χ3v) is 2.29. The molecule has 0 radical (unpaired) electrons. The lowest BCUT2D eigenvalue weighted by atomic mass is 9.92. The molecule has 0 aromatic carbocycles. The van der Waals surface area contributed by atoms with Crippen LogP contribution in [0.25, 0.3) is 0 Å². The minimum Gasteiger partial charge on any atom is -0.396 e. The number of hydrogen-bond donors (Lipinski definition) is 1. The van der Waals surface area contributed by atoms with Gasteiger partial charge in [-0.25, -0.2) is 0 Å². The first-order valence-electron chi connectivity index (χ1n) is 3.86. The molecule has 0 amide bonds. The Bertz CT molecular complexity index is 82.6. The number of hydrogen-bond acceptors (Lipinski definition) is 1. The van der Waals surface area contributed by atoms with Gasteiger partial charge in [-0.05, 0) is 30.6 Å². The first-order chi connectivity index (χ1) is 4.25. The molecule has 0 aromatic rings. The predicted molar refractivity (Wildman–Crippen MR) is 38.1 cm³/mol. The van der Waals surface area contributed by atoms with Crippen molar-refractivity contribution in [2.45, 2.75) is 26.7 Å². The van der Waals surface area contributed by atoms with Gasteiger partial charge in [-0.3, -0.25) is 0 Å². The monoisotopic (exact) mass is 128 g/mol. The molecule has 0 unspecified atom stereocenters. The molecule has 1 fully saturated rings. The number of aliphatic hydroxyl groups excluding tert-OH is 1. The van der Waals surface area contributed by atoms with Crippen molar-refractivity contribution in [2.75, 3.05) is 6.61 Å². The second-order valence-corrected chi connectivity index (χ2v) is 3.43. The van der Waals surface area contributed by atoms with Crippen LogP contribution < -0.4 is 0 Å². The van der Waals surface area contributed by atoms with E-state index in [4.69, 9.17) is 5.11 Å². The van der Waals surface area contributed by atoms with E-state index in [1.165, 1.54) is 12.8 Å². The van der Waals surface area contributed by atoms with Crippen LogP contribution in [0.4, 0.5) is 0 Å². The molecule has 0 bridgehead atoms. The van der Waals surface area contributed by atoms with Crippen LogP contribution in [0, 0.1) is 17.8 Å². The third kappa shape index (κ3) is 1.68. The molecular weight excluding hydrogens is 112 g/mol. The van der Waals surface area contributed by atoms with Crippen molar-refractivity contribution in [1.82, 2.24) is 0 Å². The lowest BCUT2D eigenvalue weighted by Gasteiger charge is -2.16. The molecule has 0 aromatic heterocycles. The van der Waals surface area contributed by atoms with Crippen molar-refractivity contribution in [3.8, 4) is 0 Å². The quantitative estimate of drug-likeness (QED) is 0.613. The molecule has 0 heterocycles. The van der Waals surface area contributed by atoms with Crippen LogP contribution in [-0.4, -0.2) is 11.7 Å². The van der Waals surface area contributed by atoms with Crippen molar-refractivity contribution in [1.29, 1.82) is 0 Å². The van der Waals surface area contributed by atoms with Crippen LogP contribution in [0.5, 0.6) is 0 Å². The van der Waals surface area contributed by atoms with Crippen molar-refractivity contribution < 1.29 is 5.11 Å². The smallest absolute Gasteiger partial charge is 0.0464 e. The van der Waals surface area contributed by atoms with Gasteiger partial charge in [0.2, 0.25) is 0 Å². The Hall–Kier alpha value is -0.0400. The number of aliphatic hydroxyl groups is 1. The van der Waals surface area contributed by atoms with Gasteiger partial charge in [0.1, 0.15) is 0 Å². The van der Waals surface area contributed by atoms with Crippen LogP contribution in [0.1, 0.15) is 26.7 Å². The van der Waals surface area contributed by atoms with Crippen molar-refractivity contribution in [2.24, 2.45) is 17.8 Å². The Morgan fingerprint density at radius 1 is 1.44 bits per heavy atom. The van der Waals surface area contributed by atoms with Gasteiger partial charge in [0.15, 0.2) is 0 Å². The van der Waals surface area contributed by atoms with Crippen LogP contribution in [0.3, 0.4) is 0 Å². The third-order valence-electron chi connectivity index (χ3n) is 2.29. The van der Waals surface area contributed by atoms with E-state index in [0.717, 1.165) is 5.92 Å².